The average Bonchev–Trinajstić information content (AvgIpc) is 2.56. The summed E-state index contributed by atoms with van der Waals surface area (Å²) in [6.45, 7) is 0. The maximum absolute atomic E-state index is 12.0. The van der Waals surface area contributed by atoms with Crippen LogP contribution in [0.1, 0.15) is 28.9 Å². The monoisotopic (exact) mass is 270 g/mol. The first kappa shape index (κ1) is 9.10. The van der Waals surface area contributed by atoms with Gasteiger partial charge in [-0.25, -0.2) is 0 Å². The van der Waals surface area contributed by atoms with Crippen molar-refractivity contribution in [3.8, 4) is 0 Å². The molecule has 0 saturated heterocycles. The molecule has 1 heterocycles. The van der Waals surface area contributed by atoms with Gasteiger partial charge in [0.15, 0.2) is 5.78 Å². The molecule has 1 aromatic heterocycles. The fourth-order valence-electron chi connectivity index (χ4n) is 2.82. The lowest BCUT2D eigenvalue weighted by Crippen LogP contribution is -2.03. The molecule has 2 aliphatic carbocycles. The van der Waals surface area contributed by atoms with Crippen LogP contribution in [0.15, 0.2) is 15.9 Å². The van der Waals surface area contributed by atoms with Crippen molar-refractivity contribution in [2.45, 2.75) is 19.3 Å². The Bertz CT molecular complexity index is 374. The van der Waals surface area contributed by atoms with Crippen molar-refractivity contribution in [2.75, 3.05) is 0 Å². The molecule has 3 heteroatoms. The molecule has 0 spiro atoms. The smallest absolute Gasteiger partial charge is 0.176 e. The van der Waals surface area contributed by atoms with E-state index >= 15 is 0 Å². The number of thiophene rings is 1. The summed E-state index contributed by atoms with van der Waals surface area (Å²) >= 11 is 4.97. The first-order chi connectivity index (χ1) is 6.77. The van der Waals surface area contributed by atoms with Crippen LogP contribution in [-0.2, 0) is 0 Å². The first-order valence-electron chi connectivity index (χ1n) is 5.07. The minimum atomic E-state index is 0.384. The Kier molecular flexibility index (Phi) is 2.06. The van der Waals surface area contributed by atoms with Gasteiger partial charge in [0.05, 0.1) is 8.66 Å². The van der Waals surface area contributed by atoms with Gasteiger partial charge in [-0.05, 0) is 52.7 Å². The molecule has 3 rings (SSSR count). The third-order valence-corrected chi connectivity index (χ3v) is 5.16. The molecule has 0 N–H and O–H groups in total. The number of ketones is 1. The van der Waals surface area contributed by atoms with Crippen molar-refractivity contribution in [1.82, 2.24) is 0 Å². The van der Waals surface area contributed by atoms with Crippen molar-refractivity contribution >= 4 is 33.0 Å². The second-order valence-electron chi connectivity index (χ2n) is 4.25. The van der Waals surface area contributed by atoms with E-state index < -0.39 is 0 Å². The van der Waals surface area contributed by atoms with Crippen LogP contribution in [0.5, 0.6) is 0 Å². The number of carbonyl (C=O) groups excluding carboxylic acids is 1. The molecule has 0 aliphatic heterocycles. The van der Waals surface area contributed by atoms with Gasteiger partial charge in [0, 0.05) is 5.92 Å². The topological polar surface area (TPSA) is 17.1 Å². The summed E-state index contributed by atoms with van der Waals surface area (Å²) in [6.07, 6.45) is 3.91. The molecular weight excluding hydrogens is 260 g/mol. The molecular formula is C11H11BrOS. The second-order valence-corrected chi connectivity index (χ2v) is 6.72. The standard InChI is InChI=1S/C11H11BrOS/c12-9-5-4-8(14-9)11(13)10-6-2-1-3-7(6)10/h4-7,10H,1-3H2. The number of hydrogen-bond donors (Lipinski definition) is 0. The predicted molar refractivity (Wildman–Crippen MR) is 60.7 cm³/mol. The van der Waals surface area contributed by atoms with E-state index in [0.717, 1.165) is 20.5 Å². The Morgan fingerprint density at radius 3 is 2.64 bits per heavy atom. The van der Waals surface area contributed by atoms with Crippen LogP contribution >= 0.6 is 27.3 Å². The molecule has 2 unspecified atom stereocenters. The van der Waals surface area contributed by atoms with Gasteiger partial charge in [0.25, 0.3) is 0 Å². The van der Waals surface area contributed by atoms with Gasteiger partial charge in [-0.3, -0.25) is 4.79 Å². The van der Waals surface area contributed by atoms with E-state index in [1.54, 1.807) is 11.3 Å². The SMILES string of the molecule is O=C(c1ccc(Br)s1)C1C2CCCC21. The summed E-state index contributed by atoms with van der Waals surface area (Å²) in [4.78, 5) is 13.0. The van der Waals surface area contributed by atoms with Crippen LogP contribution < -0.4 is 0 Å². The molecule has 1 nitrogen and oxygen atoms in total. The maximum Gasteiger partial charge on any atom is 0.176 e. The van der Waals surface area contributed by atoms with E-state index in [2.05, 4.69) is 15.9 Å². The van der Waals surface area contributed by atoms with Crippen molar-refractivity contribution in [3.05, 3.63) is 20.8 Å². The molecule has 2 aliphatic rings. The maximum atomic E-state index is 12.0. The minimum Gasteiger partial charge on any atom is -0.293 e. The zero-order chi connectivity index (χ0) is 9.71. The van der Waals surface area contributed by atoms with Crippen molar-refractivity contribution in [3.63, 3.8) is 0 Å². The van der Waals surface area contributed by atoms with Crippen LogP contribution in [0.25, 0.3) is 0 Å². The van der Waals surface area contributed by atoms with Crippen LogP contribution in [0.4, 0.5) is 0 Å². The molecule has 0 aromatic carbocycles. The third kappa shape index (κ3) is 1.29. The minimum absolute atomic E-state index is 0.384. The number of hydrogen-bond acceptors (Lipinski definition) is 2. The molecule has 2 atom stereocenters. The fourth-order valence-corrected chi connectivity index (χ4v) is 4.20. The number of rotatable bonds is 2. The Morgan fingerprint density at radius 1 is 1.36 bits per heavy atom. The zero-order valence-electron chi connectivity index (χ0n) is 7.70. The van der Waals surface area contributed by atoms with Gasteiger partial charge in [0.1, 0.15) is 0 Å². The molecule has 2 fully saturated rings. The normalized spacial score (nSPS) is 34.2. The number of halogens is 1. The molecule has 1 aromatic rings. The Balaban J connectivity index is 1.78. The Hall–Kier alpha value is -0.150. The Morgan fingerprint density at radius 2 is 2.07 bits per heavy atom. The lowest BCUT2D eigenvalue weighted by Gasteiger charge is -1.99. The number of Topliss-reactive ketones (excluding diaryl/α,β-unsaturated/α-hetero) is 1. The van der Waals surface area contributed by atoms with Crippen LogP contribution in [0.3, 0.4) is 0 Å². The van der Waals surface area contributed by atoms with Crippen LogP contribution in [-0.4, -0.2) is 5.78 Å². The summed E-state index contributed by atoms with van der Waals surface area (Å²) in [5, 5.41) is 0. The summed E-state index contributed by atoms with van der Waals surface area (Å²) < 4.78 is 1.06. The summed E-state index contributed by atoms with van der Waals surface area (Å²) in [6, 6.07) is 3.92. The van der Waals surface area contributed by atoms with Crippen molar-refractivity contribution in [2.24, 2.45) is 17.8 Å². The van der Waals surface area contributed by atoms with Gasteiger partial charge < -0.3 is 0 Å². The van der Waals surface area contributed by atoms with Crippen molar-refractivity contribution < 1.29 is 4.79 Å². The van der Waals surface area contributed by atoms with E-state index in [-0.39, 0.29) is 0 Å². The highest BCUT2D eigenvalue weighted by atomic mass is 79.9. The molecule has 14 heavy (non-hydrogen) atoms. The second kappa shape index (κ2) is 3.17. The van der Waals surface area contributed by atoms with Gasteiger partial charge >= 0.3 is 0 Å². The number of carbonyl (C=O) groups is 1. The summed E-state index contributed by atoms with van der Waals surface area (Å²) in [5.41, 5.74) is 0. The molecule has 74 valence electrons. The van der Waals surface area contributed by atoms with Gasteiger partial charge in [-0.1, -0.05) is 6.42 Å². The van der Waals surface area contributed by atoms with E-state index in [1.165, 1.54) is 19.3 Å². The van der Waals surface area contributed by atoms with Crippen LogP contribution in [0, 0.1) is 17.8 Å². The van der Waals surface area contributed by atoms with E-state index in [0.29, 0.717) is 11.7 Å². The molecule has 0 radical (unpaired) electrons. The number of fused-ring (bicyclic) bond motifs is 1. The quantitative estimate of drug-likeness (QED) is 0.749. The highest BCUT2D eigenvalue weighted by Gasteiger charge is 2.56. The zero-order valence-corrected chi connectivity index (χ0v) is 10.1. The largest absolute Gasteiger partial charge is 0.293 e. The predicted octanol–water partition coefficient (Wildman–Crippen LogP) is 3.74. The molecule has 2 saturated carbocycles. The van der Waals surface area contributed by atoms with E-state index in [9.17, 15) is 4.79 Å². The van der Waals surface area contributed by atoms with Gasteiger partial charge in [-0.2, -0.15) is 0 Å². The van der Waals surface area contributed by atoms with E-state index in [1.807, 2.05) is 12.1 Å². The summed E-state index contributed by atoms with van der Waals surface area (Å²) in [5.74, 6) is 2.26. The fraction of sp³-hybridized carbons (Fsp3) is 0.545. The van der Waals surface area contributed by atoms with Gasteiger partial charge in [-0.15, -0.1) is 11.3 Å². The Labute approximate surface area is 95.6 Å². The van der Waals surface area contributed by atoms with Crippen LogP contribution in [0.2, 0.25) is 0 Å². The van der Waals surface area contributed by atoms with Gasteiger partial charge in [0.2, 0.25) is 0 Å². The lowest BCUT2D eigenvalue weighted by molar-refractivity contribution is 0.0955. The first-order valence-corrected chi connectivity index (χ1v) is 6.68. The molecule has 0 bridgehead atoms. The highest BCUT2D eigenvalue weighted by Crippen LogP contribution is 2.58. The summed E-state index contributed by atoms with van der Waals surface area (Å²) in [7, 11) is 0. The highest BCUT2D eigenvalue weighted by molar-refractivity contribution is 9.11. The average molecular weight is 271 g/mol. The molecule has 0 amide bonds. The third-order valence-electron chi connectivity index (χ3n) is 3.53. The lowest BCUT2D eigenvalue weighted by atomic mass is 10.1. The van der Waals surface area contributed by atoms with Crippen molar-refractivity contribution in [1.29, 1.82) is 0 Å². The van der Waals surface area contributed by atoms with E-state index in [4.69, 9.17) is 0 Å².